The van der Waals surface area contributed by atoms with Crippen LogP contribution in [0.25, 0.3) is 0 Å². The van der Waals surface area contributed by atoms with Crippen molar-refractivity contribution in [3.63, 3.8) is 0 Å². The lowest BCUT2D eigenvalue weighted by atomic mass is 9.89. The summed E-state index contributed by atoms with van der Waals surface area (Å²) in [6, 6.07) is 7.37. The summed E-state index contributed by atoms with van der Waals surface area (Å²) in [6.07, 6.45) is 2.08. The summed E-state index contributed by atoms with van der Waals surface area (Å²) < 4.78 is 5.47. The number of benzene rings is 1. The molecule has 3 N–H and O–H groups in total. The Morgan fingerprint density at radius 2 is 2.05 bits per heavy atom. The molecule has 1 aromatic carbocycles. The van der Waals surface area contributed by atoms with Gasteiger partial charge in [0.2, 0.25) is 5.91 Å². The van der Waals surface area contributed by atoms with Gasteiger partial charge in [-0.05, 0) is 32.3 Å². The summed E-state index contributed by atoms with van der Waals surface area (Å²) in [5, 5.41) is 2.97. The predicted molar refractivity (Wildman–Crippen MR) is 74.7 cm³/mol. The van der Waals surface area contributed by atoms with E-state index < -0.39 is 6.04 Å². The SMILES string of the molecule is CCOC1CC(NC(=O)C(N)c2ccc(C)cc2)C1. The molecule has 1 saturated carbocycles. The Balaban J connectivity index is 1.82. The molecule has 1 amide bonds. The Morgan fingerprint density at radius 1 is 1.42 bits per heavy atom. The average molecular weight is 262 g/mol. The lowest BCUT2D eigenvalue weighted by molar-refractivity contribution is -0.125. The van der Waals surface area contributed by atoms with Crippen LogP contribution in [0.5, 0.6) is 0 Å². The van der Waals surface area contributed by atoms with Crippen molar-refractivity contribution in [2.75, 3.05) is 6.61 Å². The molecule has 19 heavy (non-hydrogen) atoms. The third kappa shape index (κ3) is 3.55. The van der Waals surface area contributed by atoms with Gasteiger partial charge >= 0.3 is 0 Å². The third-order valence-corrected chi connectivity index (χ3v) is 3.56. The zero-order valence-electron chi connectivity index (χ0n) is 11.6. The van der Waals surface area contributed by atoms with Gasteiger partial charge in [-0.2, -0.15) is 0 Å². The fourth-order valence-corrected chi connectivity index (χ4v) is 2.27. The van der Waals surface area contributed by atoms with Crippen LogP contribution in [0.15, 0.2) is 24.3 Å². The highest BCUT2D eigenvalue weighted by Crippen LogP contribution is 2.24. The number of hydrogen-bond acceptors (Lipinski definition) is 3. The zero-order valence-corrected chi connectivity index (χ0v) is 11.6. The van der Waals surface area contributed by atoms with Crippen LogP contribution in [-0.2, 0) is 9.53 Å². The van der Waals surface area contributed by atoms with Crippen molar-refractivity contribution in [1.82, 2.24) is 5.32 Å². The van der Waals surface area contributed by atoms with E-state index in [-0.39, 0.29) is 11.9 Å². The molecule has 0 aromatic heterocycles. The molecule has 4 heteroatoms. The Labute approximate surface area is 114 Å². The molecule has 1 aromatic rings. The minimum atomic E-state index is -0.591. The number of ether oxygens (including phenoxy) is 1. The van der Waals surface area contributed by atoms with Gasteiger partial charge in [-0.15, -0.1) is 0 Å². The van der Waals surface area contributed by atoms with Gasteiger partial charge in [0.05, 0.1) is 6.10 Å². The highest BCUT2D eigenvalue weighted by Gasteiger charge is 2.31. The second kappa shape index (κ2) is 6.17. The summed E-state index contributed by atoms with van der Waals surface area (Å²) in [7, 11) is 0. The van der Waals surface area contributed by atoms with E-state index in [1.54, 1.807) is 0 Å². The van der Waals surface area contributed by atoms with E-state index in [0.717, 1.165) is 30.6 Å². The van der Waals surface area contributed by atoms with Gasteiger partial charge in [0.15, 0.2) is 0 Å². The lowest BCUT2D eigenvalue weighted by Gasteiger charge is -2.35. The van der Waals surface area contributed by atoms with E-state index in [1.165, 1.54) is 0 Å². The van der Waals surface area contributed by atoms with Crippen LogP contribution < -0.4 is 11.1 Å². The van der Waals surface area contributed by atoms with Crippen LogP contribution in [-0.4, -0.2) is 24.7 Å². The van der Waals surface area contributed by atoms with E-state index in [4.69, 9.17) is 10.5 Å². The molecule has 0 aliphatic heterocycles. The first-order valence-electron chi connectivity index (χ1n) is 6.84. The van der Waals surface area contributed by atoms with Crippen LogP contribution >= 0.6 is 0 Å². The fourth-order valence-electron chi connectivity index (χ4n) is 2.27. The molecule has 0 heterocycles. The van der Waals surface area contributed by atoms with Gasteiger partial charge in [0.1, 0.15) is 6.04 Å². The maximum absolute atomic E-state index is 12.0. The van der Waals surface area contributed by atoms with Crippen molar-refractivity contribution in [3.8, 4) is 0 Å². The van der Waals surface area contributed by atoms with Crippen LogP contribution in [0.2, 0.25) is 0 Å². The number of carbonyl (C=O) groups is 1. The topological polar surface area (TPSA) is 64.3 Å². The molecule has 1 aliphatic rings. The monoisotopic (exact) mass is 262 g/mol. The van der Waals surface area contributed by atoms with Crippen LogP contribution in [0.1, 0.15) is 36.9 Å². The minimum absolute atomic E-state index is 0.108. The molecule has 1 atom stereocenters. The van der Waals surface area contributed by atoms with Crippen molar-refractivity contribution >= 4 is 5.91 Å². The quantitative estimate of drug-likeness (QED) is 0.848. The zero-order chi connectivity index (χ0) is 13.8. The second-order valence-corrected chi connectivity index (χ2v) is 5.14. The third-order valence-electron chi connectivity index (χ3n) is 3.56. The highest BCUT2D eigenvalue weighted by atomic mass is 16.5. The smallest absolute Gasteiger partial charge is 0.241 e. The summed E-state index contributed by atoms with van der Waals surface area (Å²) in [5.74, 6) is -0.108. The molecule has 0 spiro atoms. The number of nitrogens with one attached hydrogen (secondary N) is 1. The summed E-state index contributed by atoms with van der Waals surface area (Å²) in [4.78, 5) is 12.0. The number of aryl methyl sites for hydroxylation is 1. The van der Waals surface area contributed by atoms with Gasteiger partial charge in [0.25, 0.3) is 0 Å². The Bertz CT molecular complexity index is 424. The van der Waals surface area contributed by atoms with E-state index in [1.807, 2.05) is 38.1 Å². The van der Waals surface area contributed by atoms with E-state index in [2.05, 4.69) is 5.32 Å². The summed E-state index contributed by atoms with van der Waals surface area (Å²) >= 11 is 0. The number of carbonyl (C=O) groups excluding carboxylic acids is 1. The molecule has 1 aliphatic carbocycles. The van der Waals surface area contributed by atoms with E-state index in [9.17, 15) is 4.79 Å². The molecule has 1 unspecified atom stereocenters. The largest absolute Gasteiger partial charge is 0.378 e. The number of rotatable bonds is 5. The van der Waals surface area contributed by atoms with Crippen LogP contribution in [0.3, 0.4) is 0 Å². The molecule has 4 nitrogen and oxygen atoms in total. The maximum atomic E-state index is 12.0. The Morgan fingerprint density at radius 3 is 2.63 bits per heavy atom. The molecular formula is C15H22N2O2. The Hall–Kier alpha value is -1.39. The van der Waals surface area contributed by atoms with E-state index >= 15 is 0 Å². The highest BCUT2D eigenvalue weighted by molar-refractivity contribution is 5.83. The second-order valence-electron chi connectivity index (χ2n) is 5.14. The predicted octanol–water partition coefficient (Wildman–Crippen LogP) is 1.68. The van der Waals surface area contributed by atoms with E-state index in [0.29, 0.717) is 6.10 Å². The van der Waals surface area contributed by atoms with Crippen LogP contribution in [0, 0.1) is 6.92 Å². The minimum Gasteiger partial charge on any atom is -0.378 e. The van der Waals surface area contributed by atoms with Crippen LogP contribution in [0.4, 0.5) is 0 Å². The van der Waals surface area contributed by atoms with Crippen molar-refractivity contribution in [1.29, 1.82) is 0 Å². The maximum Gasteiger partial charge on any atom is 0.241 e. The molecular weight excluding hydrogens is 240 g/mol. The Kier molecular flexibility index (Phi) is 4.56. The van der Waals surface area contributed by atoms with Gasteiger partial charge in [-0.25, -0.2) is 0 Å². The standard InChI is InChI=1S/C15H22N2O2/c1-3-19-13-8-12(9-13)17-15(18)14(16)11-6-4-10(2)5-7-11/h4-7,12-14H,3,8-9,16H2,1-2H3,(H,17,18). The molecule has 1 fully saturated rings. The van der Waals surface area contributed by atoms with Crippen molar-refractivity contribution in [2.45, 2.75) is 44.9 Å². The van der Waals surface area contributed by atoms with Crippen molar-refractivity contribution in [2.24, 2.45) is 5.73 Å². The number of hydrogen-bond donors (Lipinski definition) is 2. The first-order chi connectivity index (χ1) is 9.10. The van der Waals surface area contributed by atoms with Gasteiger partial charge in [-0.3, -0.25) is 4.79 Å². The van der Waals surface area contributed by atoms with Crippen molar-refractivity contribution < 1.29 is 9.53 Å². The first kappa shape index (κ1) is 14.0. The number of nitrogens with two attached hydrogens (primary N) is 1. The molecule has 0 radical (unpaired) electrons. The van der Waals surface area contributed by atoms with Gasteiger partial charge in [0, 0.05) is 12.6 Å². The van der Waals surface area contributed by atoms with Crippen molar-refractivity contribution in [3.05, 3.63) is 35.4 Å². The first-order valence-corrected chi connectivity index (χ1v) is 6.84. The fraction of sp³-hybridized carbons (Fsp3) is 0.533. The van der Waals surface area contributed by atoms with Gasteiger partial charge in [-0.1, -0.05) is 29.8 Å². The lowest BCUT2D eigenvalue weighted by Crippen LogP contribution is -2.50. The number of amides is 1. The summed E-state index contributed by atoms with van der Waals surface area (Å²) in [6.45, 7) is 4.73. The molecule has 0 saturated heterocycles. The molecule has 104 valence electrons. The average Bonchev–Trinajstić information content (AvgIpc) is 2.36. The molecule has 2 rings (SSSR count). The molecule has 0 bridgehead atoms. The normalized spacial score (nSPS) is 23.5. The van der Waals surface area contributed by atoms with Gasteiger partial charge < -0.3 is 15.8 Å². The summed E-state index contributed by atoms with van der Waals surface area (Å²) in [5.41, 5.74) is 7.98.